The first-order chi connectivity index (χ1) is 9.99. The molecular formula is C17H24N2O2. The van der Waals surface area contributed by atoms with Crippen molar-refractivity contribution in [2.75, 3.05) is 0 Å². The number of rotatable bonds is 4. The molecule has 0 radical (unpaired) electrons. The maximum atomic E-state index is 12.5. The van der Waals surface area contributed by atoms with Crippen LogP contribution in [-0.2, 0) is 16.0 Å². The van der Waals surface area contributed by atoms with Crippen molar-refractivity contribution in [3.8, 4) is 0 Å². The maximum absolute atomic E-state index is 12.5. The van der Waals surface area contributed by atoms with Gasteiger partial charge in [-0.2, -0.15) is 0 Å². The van der Waals surface area contributed by atoms with Gasteiger partial charge in [0.15, 0.2) is 0 Å². The van der Waals surface area contributed by atoms with E-state index in [-0.39, 0.29) is 23.8 Å². The van der Waals surface area contributed by atoms with Crippen LogP contribution in [0.3, 0.4) is 0 Å². The summed E-state index contributed by atoms with van der Waals surface area (Å²) in [4.78, 5) is 23.7. The van der Waals surface area contributed by atoms with E-state index in [0.717, 1.165) is 19.3 Å². The summed E-state index contributed by atoms with van der Waals surface area (Å²) in [5, 5.41) is 5.85. The van der Waals surface area contributed by atoms with E-state index in [2.05, 4.69) is 22.8 Å². The zero-order valence-electron chi connectivity index (χ0n) is 13.0. The molecule has 1 aromatic rings. The van der Waals surface area contributed by atoms with Crippen LogP contribution in [0.5, 0.6) is 0 Å². The van der Waals surface area contributed by atoms with Gasteiger partial charge in [0.1, 0.15) is 6.04 Å². The molecule has 2 amide bonds. The minimum Gasteiger partial charge on any atom is -0.347 e. The van der Waals surface area contributed by atoms with Gasteiger partial charge in [-0.3, -0.25) is 9.59 Å². The molecule has 4 nitrogen and oxygen atoms in total. The molecule has 4 heteroatoms. The highest BCUT2D eigenvalue weighted by atomic mass is 16.2. The van der Waals surface area contributed by atoms with Gasteiger partial charge in [0, 0.05) is 6.92 Å². The Morgan fingerprint density at radius 2 is 1.95 bits per heavy atom. The SMILES string of the molecule is CC(=O)NC(C(=O)NC1CCCc2ccccc21)C(C)C. The van der Waals surface area contributed by atoms with Gasteiger partial charge in [-0.05, 0) is 36.3 Å². The van der Waals surface area contributed by atoms with Crippen molar-refractivity contribution in [2.24, 2.45) is 5.92 Å². The van der Waals surface area contributed by atoms with Crippen LogP contribution >= 0.6 is 0 Å². The van der Waals surface area contributed by atoms with E-state index in [0.29, 0.717) is 0 Å². The first-order valence-corrected chi connectivity index (χ1v) is 7.64. The number of carbonyl (C=O) groups is 2. The zero-order chi connectivity index (χ0) is 15.4. The Morgan fingerprint density at radius 1 is 1.24 bits per heavy atom. The Morgan fingerprint density at radius 3 is 2.62 bits per heavy atom. The first kappa shape index (κ1) is 15.5. The molecular weight excluding hydrogens is 264 g/mol. The largest absolute Gasteiger partial charge is 0.347 e. The lowest BCUT2D eigenvalue weighted by Gasteiger charge is -2.29. The van der Waals surface area contributed by atoms with Crippen LogP contribution in [0.2, 0.25) is 0 Å². The quantitative estimate of drug-likeness (QED) is 0.893. The van der Waals surface area contributed by atoms with Crippen molar-refractivity contribution in [1.29, 1.82) is 0 Å². The number of benzene rings is 1. The third-order valence-electron chi connectivity index (χ3n) is 3.99. The van der Waals surface area contributed by atoms with Gasteiger partial charge in [-0.25, -0.2) is 0 Å². The number of hydrogen-bond donors (Lipinski definition) is 2. The Labute approximate surface area is 126 Å². The lowest BCUT2D eigenvalue weighted by molar-refractivity contribution is -0.129. The summed E-state index contributed by atoms with van der Waals surface area (Å²) >= 11 is 0. The van der Waals surface area contributed by atoms with Gasteiger partial charge < -0.3 is 10.6 Å². The topological polar surface area (TPSA) is 58.2 Å². The monoisotopic (exact) mass is 288 g/mol. The first-order valence-electron chi connectivity index (χ1n) is 7.64. The molecule has 0 aromatic heterocycles. The molecule has 0 bridgehead atoms. The molecule has 1 aliphatic carbocycles. The minimum atomic E-state index is -0.475. The van der Waals surface area contributed by atoms with Gasteiger partial charge in [0.05, 0.1) is 6.04 Å². The number of aryl methyl sites for hydroxylation is 1. The van der Waals surface area contributed by atoms with E-state index in [4.69, 9.17) is 0 Å². The molecule has 2 N–H and O–H groups in total. The average Bonchev–Trinajstić information content (AvgIpc) is 2.44. The zero-order valence-corrected chi connectivity index (χ0v) is 13.0. The second kappa shape index (κ2) is 6.74. The normalized spacial score (nSPS) is 18.8. The number of amides is 2. The summed E-state index contributed by atoms with van der Waals surface area (Å²) in [5.41, 5.74) is 2.53. The van der Waals surface area contributed by atoms with Gasteiger partial charge in [0.2, 0.25) is 11.8 Å². The summed E-state index contributed by atoms with van der Waals surface area (Å²) in [6, 6.07) is 7.84. The fraction of sp³-hybridized carbons (Fsp3) is 0.529. The molecule has 0 aliphatic heterocycles. The molecule has 1 aromatic carbocycles. The van der Waals surface area contributed by atoms with Crippen molar-refractivity contribution >= 4 is 11.8 Å². The van der Waals surface area contributed by atoms with E-state index in [1.165, 1.54) is 18.1 Å². The van der Waals surface area contributed by atoms with E-state index < -0.39 is 6.04 Å². The van der Waals surface area contributed by atoms with Gasteiger partial charge in [-0.15, -0.1) is 0 Å². The standard InChI is InChI=1S/C17H24N2O2/c1-11(2)16(18-12(3)20)17(21)19-15-10-6-8-13-7-4-5-9-14(13)15/h4-5,7,9,11,15-16H,6,8,10H2,1-3H3,(H,18,20)(H,19,21). The summed E-state index contributed by atoms with van der Waals surface area (Å²) in [6.45, 7) is 5.32. The van der Waals surface area contributed by atoms with Crippen LogP contribution in [0.25, 0.3) is 0 Å². The second-order valence-electron chi connectivity index (χ2n) is 6.07. The van der Waals surface area contributed by atoms with Crippen molar-refractivity contribution in [1.82, 2.24) is 10.6 Å². The fourth-order valence-electron chi connectivity index (χ4n) is 2.92. The second-order valence-corrected chi connectivity index (χ2v) is 6.07. The van der Waals surface area contributed by atoms with Crippen LogP contribution in [0.1, 0.15) is 50.8 Å². The molecule has 0 saturated heterocycles. The van der Waals surface area contributed by atoms with Crippen LogP contribution in [-0.4, -0.2) is 17.9 Å². The number of hydrogen-bond acceptors (Lipinski definition) is 2. The molecule has 21 heavy (non-hydrogen) atoms. The molecule has 2 unspecified atom stereocenters. The Kier molecular flexibility index (Phi) is 4.99. The highest BCUT2D eigenvalue weighted by molar-refractivity contribution is 5.87. The van der Waals surface area contributed by atoms with Crippen molar-refractivity contribution in [3.05, 3.63) is 35.4 Å². The molecule has 1 aliphatic rings. The van der Waals surface area contributed by atoms with Crippen LogP contribution in [0.15, 0.2) is 24.3 Å². The third kappa shape index (κ3) is 3.84. The van der Waals surface area contributed by atoms with E-state index in [9.17, 15) is 9.59 Å². The van der Waals surface area contributed by atoms with Crippen LogP contribution in [0.4, 0.5) is 0 Å². The summed E-state index contributed by atoms with van der Waals surface area (Å²) in [7, 11) is 0. The van der Waals surface area contributed by atoms with E-state index >= 15 is 0 Å². The molecule has 2 rings (SSSR count). The van der Waals surface area contributed by atoms with Crippen molar-refractivity contribution < 1.29 is 9.59 Å². The summed E-state index contributed by atoms with van der Waals surface area (Å²) < 4.78 is 0. The molecule has 0 fully saturated rings. The van der Waals surface area contributed by atoms with Crippen molar-refractivity contribution in [2.45, 2.75) is 52.1 Å². The van der Waals surface area contributed by atoms with E-state index in [1.807, 2.05) is 26.0 Å². The average molecular weight is 288 g/mol. The third-order valence-corrected chi connectivity index (χ3v) is 3.99. The Hall–Kier alpha value is -1.84. The predicted molar refractivity (Wildman–Crippen MR) is 82.7 cm³/mol. The lowest BCUT2D eigenvalue weighted by atomic mass is 9.87. The number of fused-ring (bicyclic) bond motifs is 1. The molecule has 0 heterocycles. The highest BCUT2D eigenvalue weighted by Gasteiger charge is 2.27. The minimum absolute atomic E-state index is 0.0532. The highest BCUT2D eigenvalue weighted by Crippen LogP contribution is 2.29. The fourth-order valence-corrected chi connectivity index (χ4v) is 2.92. The van der Waals surface area contributed by atoms with Crippen LogP contribution < -0.4 is 10.6 Å². The lowest BCUT2D eigenvalue weighted by Crippen LogP contribution is -2.50. The molecule has 0 spiro atoms. The van der Waals surface area contributed by atoms with Crippen molar-refractivity contribution in [3.63, 3.8) is 0 Å². The predicted octanol–water partition coefficient (Wildman–Crippen LogP) is 2.34. The smallest absolute Gasteiger partial charge is 0.243 e. The Bertz CT molecular complexity index is 525. The van der Waals surface area contributed by atoms with Gasteiger partial charge in [0.25, 0.3) is 0 Å². The maximum Gasteiger partial charge on any atom is 0.243 e. The molecule has 114 valence electrons. The van der Waals surface area contributed by atoms with E-state index in [1.54, 1.807) is 0 Å². The van der Waals surface area contributed by atoms with Gasteiger partial charge in [-0.1, -0.05) is 38.1 Å². The Balaban J connectivity index is 2.10. The van der Waals surface area contributed by atoms with Crippen LogP contribution in [0, 0.1) is 5.92 Å². The number of carbonyl (C=O) groups excluding carboxylic acids is 2. The summed E-state index contributed by atoms with van der Waals surface area (Å²) in [5.74, 6) is -0.206. The number of nitrogens with one attached hydrogen (secondary N) is 2. The van der Waals surface area contributed by atoms with Gasteiger partial charge >= 0.3 is 0 Å². The molecule has 2 atom stereocenters. The molecule has 0 saturated carbocycles. The summed E-state index contributed by atoms with van der Waals surface area (Å²) in [6.07, 6.45) is 3.10.